The first-order valence-corrected chi connectivity index (χ1v) is 8.97. The van der Waals surface area contributed by atoms with Gasteiger partial charge in [0.1, 0.15) is 6.33 Å². The molecule has 1 spiro atoms. The Morgan fingerprint density at radius 3 is 2.50 bits per heavy atom. The standard InChI is InChI=1S/C17H18N4O2S/c22-15(14-2-1-9-24-14)20-6-3-17(4-7-20)5-8-21(16(17)23)13-10-18-12-19-11-13/h1-2,9-12H,3-8H2. The molecule has 2 aliphatic heterocycles. The van der Waals surface area contributed by atoms with Crippen molar-refractivity contribution >= 4 is 28.8 Å². The van der Waals surface area contributed by atoms with Crippen LogP contribution < -0.4 is 4.90 Å². The minimum absolute atomic E-state index is 0.0820. The summed E-state index contributed by atoms with van der Waals surface area (Å²) in [7, 11) is 0. The Bertz CT molecular complexity index is 739. The highest BCUT2D eigenvalue weighted by atomic mass is 32.1. The van der Waals surface area contributed by atoms with Crippen LogP contribution in [0.15, 0.2) is 36.2 Å². The first-order valence-electron chi connectivity index (χ1n) is 8.09. The van der Waals surface area contributed by atoms with Crippen LogP contribution in [0.5, 0.6) is 0 Å². The molecule has 2 aliphatic rings. The van der Waals surface area contributed by atoms with Gasteiger partial charge in [-0.05, 0) is 30.7 Å². The predicted molar refractivity (Wildman–Crippen MR) is 90.9 cm³/mol. The molecule has 24 heavy (non-hydrogen) atoms. The molecular formula is C17H18N4O2S. The fourth-order valence-electron chi connectivity index (χ4n) is 3.66. The molecule has 0 aliphatic carbocycles. The zero-order valence-electron chi connectivity index (χ0n) is 13.2. The van der Waals surface area contributed by atoms with E-state index in [4.69, 9.17) is 0 Å². The number of hydrogen-bond acceptors (Lipinski definition) is 5. The monoisotopic (exact) mass is 342 g/mol. The van der Waals surface area contributed by atoms with E-state index < -0.39 is 0 Å². The first kappa shape index (κ1) is 15.3. The molecule has 2 saturated heterocycles. The summed E-state index contributed by atoms with van der Waals surface area (Å²) >= 11 is 1.47. The van der Waals surface area contributed by atoms with Crippen molar-refractivity contribution in [3.8, 4) is 0 Å². The van der Waals surface area contributed by atoms with Crippen LogP contribution in [-0.2, 0) is 4.79 Å². The second kappa shape index (κ2) is 5.98. The number of hydrogen-bond donors (Lipinski definition) is 0. The third kappa shape index (κ3) is 2.49. The Morgan fingerprint density at radius 2 is 1.83 bits per heavy atom. The molecule has 124 valence electrons. The maximum Gasteiger partial charge on any atom is 0.263 e. The summed E-state index contributed by atoms with van der Waals surface area (Å²) in [4.78, 5) is 37.9. The molecular weight excluding hydrogens is 324 g/mol. The number of amides is 2. The van der Waals surface area contributed by atoms with E-state index in [0.717, 1.165) is 29.8 Å². The van der Waals surface area contributed by atoms with Gasteiger partial charge in [0.05, 0.1) is 28.4 Å². The molecule has 4 heterocycles. The summed E-state index contributed by atoms with van der Waals surface area (Å²) in [5.41, 5.74) is 0.429. The average Bonchev–Trinajstić information content (AvgIpc) is 3.26. The van der Waals surface area contributed by atoms with Gasteiger partial charge in [-0.15, -0.1) is 11.3 Å². The summed E-state index contributed by atoms with van der Waals surface area (Å²) < 4.78 is 0. The van der Waals surface area contributed by atoms with E-state index in [-0.39, 0.29) is 17.2 Å². The largest absolute Gasteiger partial charge is 0.338 e. The van der Waals surface area contributed by atoms with E-state index in [1.54, 1.807) is 17.3 Å². The van der Waals surface area contributed by atoms with Crippen LogP contribution in [0.2, 0.25) is 0 Å². The van der Waals surface area contributed by atoms with Crippen molar-refractivity contribution in [2.24, 2.45) is 5.41 Å². The van der Waals surface area contributed by atoms with Gasteiger partial charge in [0.2, 0.25) is 5.91 Å². The number of rotatable bonds is 2. The van der Waals surface area contributed by atoms with Crippen molar-refractivity contribution in [3.63, 3.8) is 0 Å². The lowest BCUT2D eigenvalue weighted by atomic mass is 9.77. The minimum Gasteiger partial charge on any atom is -0.338 e. The van der Waals surface area contributed by atoms with Gasteiger partial charge in [0, 0.05) is 19.6 Å². The Hall–Kier alpha value is -2.28. The van der Waals surface area contributed by atoms with Crippen molar-refractivity contribution in [3.05, 3.63) is 41.1 Å². The zero-order valence-corrected chi connectivity index (χ0v) is 14.0. The highest BCUT2D eigenvalue weighted by molar-refractivity contribution is 7.12. The molecule has 0 unspecified atom stereocenters. The Morgan fingerprint density at radius 1 is 1.12 bits per heavy atom. The second-order valence-electron chi connectivity index (χ2n) is 6.35. The van der Waals surface area contributed by atoms with Crippen molar-refractivity contribution in [1.29, 1.82) is 0 Å². The van der Waals surface area contributed by atoms with E-state index in [1.807, 2.05) is 22.4 Å². The van der Waals surface area contributed by atoms with Crippen LogP contribution in [0.3, 0.4) is 0 Å². The molecule has 4 rings (SSSR count). The molecule has 0 bridgehead atoms. The van der Waals surface area contributed by atoms with Gasteiger partial charge in [0.15, 0.2) is 0 Å². The molecule has 7 heteroatoms. The van der Waals surface area contributed by atoms with Gasteiger partial charge in [-0.1, -0.05) is 6.07 Å². The van der Waals surface area contributed by atoms with Crippen LogP contribution >= 0.6 is 11.3 Å². The number of thiophene rings is 1. The highest BCUT2D eigenvalue weighted by Crippen LogP contribution is 2.43. The average molecular weight is 342 g/mol. The van der Waals surface area contributed by atoms with Crippen LogP contribution in [0, 0.1) is 5.41 Å². The highest BCUT2D eigenvalue weighted by Gasteiger charge is 2.49. The molecule has 2 aromatic rings. The summed E-state index contributed by atoms with van der Waals surface area (Å²) in [6, 6.07) is 3.75. The lowest BCUT2D eigenvalue weighted by molar-refractivity contribution is -0.127. The molecule has 6 nitrogen and oxygen atoms in total. The number of nitrogens with zero attached hydrogens (tertiary/aromatic N) is 4. The van der Waals surface area contributed by atoms with Gasteiger partial charge in [0.25, 0.3) is 5.91 Å². The Kier molecular flexibility index (Phi) is 3.80. The van der Waals surface area contributed by atoms with E-state index in [9.17, 15) is 9.59 Å². The lowest BCUT2D eigenvalue weighted by Crippen LogP contribution is -2.46. The lowest BCUT2D eigenvalue weighted by Gasteiger charge is -2.37. The van der Waals surface area contributed by atoms with Crippen LogP contribution in [0.25, 0.3) is 0 Å². The Balaban J connectivity index is 1.45. The number of piperidine rings is 1. The number of aromatic nitrogens is 2. The van der Waals surface area contributed by atoms with Gasteiger partial charge in [-0.3, -0.25) is 9.59 Å². The number of carbonyl (C=O) groups is 2. The number of carbonyl (C=O) groups excluding carboxylic acids is 2. The maximum atomic E-state index is 13.0. The topological polar surface area (TPSA) is 66.4 Å². The number of anilines is 1. The van der Waals surface area contributed by atoms with E-state index in [2.05, 4.69) is 9.97 Å². The molecule has 0 aromatic carbocycles. The van der Waals surface area contributed by atoms with Crippen molar-refractivity contribution in [1.82, 2.24) is 14.9 Å². The van der Waals surface area contributed by atoms with Crippen LogP contribution in [-0.4, -0.2) is 46.3 Å². The summed E-state index contributed by atoms with van der Waals surface area (Å²) in [6.07, 6.45) is 7.12. The summed E-state index contributed by atoms with van der Waals surface area (Å²) in [6.45, 7) is 1.98. The molecule has 2 fully saturated rings. The smallest absolute Gasteiger partial charge is 0.263 e. The van der Waals surface area contributed by atoms with Crippen molar-refractivity contribution < 1.29 is 9.59 Å². The van der Waals surface area contributed by atoms with E-state index in [0.29, 0.717) is 19.6 Å². The van der Waals surface area contributed by atoms with Gasteiger partial charge >= 0.3 is 0 Å². The van der Waals surface area contributed by atoms with E-state index >= 15 is 0 Å². The summed E-state index contributed by atoms with van der Waals surface area (Å²) in [5, 5.41) is 1.92. The van der Waals surface area contributed by atoms with Crippen LogP contribution in [0.1, 0.15) is 28.9 Å². The quantitative estimate of drug-likeness (QED) is 0.839. The van der Waals surface area contributed by atoms with Crippen molar-refractivity contribution in [2.45, 2.75) is 19.3 Å². The van der Waals surface area contributed by atoms with Crippen LogP contribution in [0.4, 0.5) is 5.69 Å². The zero-order chi connectivity index (χ0) is 16.6. The van der Waals surface area contributed by atoms with Gasteiger partial charge in [-0.25, -0.2) is 9.97 Å². The van der Waals surface area contributed by atoms with Gasteiger partial charge < -0.3 is 9.80 Å². The maximum absolute atomic E-state index is 13.0. The SMILES string of the molecule is O=C(c1cccs1)N1CCC2(CC1)CCN(c1cncnc1)C2=O. The Labute approximate surface area is 144 Å². The molecule has 2 aromatic heterocycles. The second-order valence-corrected chi connectivity index (χ2v) is 7.30. The van der Waals surface area contributed by atoms with Crippen molar-refractivity contribution in [2.75, 3.05) is 24.5 Å². The fraction of sp³-hybridized carbons (Fsp3) is 0.412. The van der Waals surface area contributed by atoms with E-state index in [1.165, 1.54) is 17.7 Å². The summed E-state index contributed by atoms with van der Waals surface area (Å²) in [5.74, 6) is 0.235. The molecule has 0 saturated carbocycles. The molecule has 0 atom stereocenters. The first-order chi connectivity index (χ1) is 11.7. The minimum atomic E-state index is -0.331. The normalized spacial score (nSPS) is 19.9. The molecule has 0 N–H and O–H groups in total. The number of likely N-dealkylation sites (tertiary alicyclic amines) is 1. The van der Waals surface area contributed by atoms with Gasteiger partial charge in [-0.2, -0.15) is 0 Å². The molecule has 0 radical (unpaired) electrons. The third-order valence-electron chi connectivity index (χ3n) is 5.11. The predicted octanol–water partition coefficient (Wildman–Crippen LogP) is 2.20. The molecule has 2 amide bonds. The fourth-order valence-corrected chi connectivity index (χ4v) is 4.35. The third-order valence-corrected chi connectivity index (χ3v) is 5.97.